The maximum absolute atomic E-state index is 8.95. The molecule has 0 atom stereocenters. The number of halogens is 2. The Morgan fingerprint density at radius 2 is 1.86 bits per heavy atom. The largest absolute Gasteiger partial charge is 0.496 e. The first-order chi connectivity index (χ1) is 10.1. The van der Waals surface area contributed by atoms with Gasteiger partial charge in [-0.05, 0) is 36.4 Å². The van der Waals surface area contributed by atoms with Gasteiger partial charge in [-0.2, -0.15) is 5.26 Å². The lowest BCUT2D eigenvalue weighted by molar-refractivity contribution is 0.416. The van der Waals surface area contributed by atoms with E-state index in [0.29, 0.717) is 21.4 Å². The summed E-state index contributed by atoms with van der Waals surface area (Å²) >= 11 is 12.1. The highest BCUT2D eigenvalue weighted by atomic mass is 35.5. The molecule has 1 N–H and O–H groups in total. The van der Waals surface area contributed by atoms with Crippen molar-refractivity contribution in [1.82, 2.24) is 4.98 Å². The molecule has 0 aliphatic carbocycles. The van der Waals surface area contributed by atoms with Crippen molar-refractivity contribution in [3.63, 3.8) is 0 Å². The third kappa shape index (κ3) is 2.44. The predicted molar refractivity (Wildman–Crippen MR) is 85.0 cm³/mol. The molecule has 3 aromatic rings. The number of aromatic nitrogens is 1. The SMILES string of the molecule is COc1cc(C#N)ccc1-c1cc2cc(Cl)c(Cl)cc2[nH]1. The Morgan fingerprint density at radius 1 is 1.10 bits per heavy atom. The average Bonchev–Trinajstić information content (AvgIpc) is 2.89. The molecule has 0 saturated carbocycles. The van der Waals surface area contributed by atoms with E-state index in [-0.39, 0.29) is 0 Å². The third-order valence-electron chi connectivity index (χ3n) is 3.28. The minimum atomic E-state index is 0.504. The fourth-order valence-electron chi connectivity index (χ4n) is 2.25. The van der Waals surface area contributed by atoms with E-state index < -0.39 is 0 Å². The van der Waals surface area contributed by atoms with Crippen LogP contribution in [0.1, 0.15) is 5.56 Å². The molecule has 0 fully saturated rings. The number of aromatic amines is 1. The van der Waals surface area contributed by atoms with Crippen LogP contribution in [0.3, 0.4) is 0 Å². The first-order valence-corrected chi connectivity index (χ1v) is 6.94. The van der Waals surface area contributed by atoms with Crippen LogP contribution in [0.15, 0.2) is 36.4 Å². The minimum Gasteiger partial charge on any atom is -0.496 e. The maximum Gasteiger partial charge on any atom is 0.129 e. The second-order valence-corrected chi connectivity index (χ2v) is 5.38. The summed E-state index contributed by atoms with van der Waals surface area (Å²) in [5, 5.41) is 10.9. The maximum atomic E-state index is 8.95. The van der Waals surface area contributed by atoms with E-state index in [9.17, 15) is 0 Å². The first kappa shape index (κ1) is 13.8. The topological polar surface area (TPSA) is 48.8 Å². The van der Waals surface area contributed by atoms with Crippen molar-refractivity contribution >= 4 is 34.1 Å². The van der Waals surface area contributed by atoms with Crippen LogP contribution in [-0.4, -0.2) is 12.1 Å². The van der Waals surface area contributed by atoms with Crippen LogP contribution >= 0.6 is 23.2 Å². The fourth-order valence-corrected chi connectivity index (χ4v) is 2.59. The number of nitrogens with zero attached hydrogens (tertiary/aromatic N) is 1. The minimum absolute atomic E-state index is 0.504. The van der Waals surface area contributed by atoms with Crippen LogP contribution in [0.4, 0.5) is 0 Å². The average molecular weight is 317 g/mol. The van der Waals surface area contributed by atoms with Crippen LogP contribution in [0, 0.1) is 11.3 Å². The summed E-state index contributed by atoms with van der Waals surface area (Å²) in [6.07, 6.45) is 0. The molecule has 0 unspecified atom stereocenters. The van der Waals surface area contributed by atoms with Crippen LogP contribution < -0.4 is 4.74 Å². The lowest BCUT2D eigenvalue weighted by Gasteiger charge is -2.06. The van der Waals surface area contributed by atoms with Gasteiger partial charge in [0.05, 0.1) is 34.5 Å². The van der Waals surface area contributed by atoms with Gasteiger partial charge in [-0.3, -0.25) is 0 Å². The van der Waals surface area contributed by atoms with Crippen molar-refractivity contribution in [2.75, 3.05) is 7.11 Å². The molecule has 0 saturated heterocycles. The summed E-state index contributed by atoms with van der Waals surface area (Å²) in [5.41, 5.74) is 3.20. The number of benzene rings is 2. The lowest BCUT2D eigenvalue weighted by atomic mass is 10.1. The summed E-state index contributed by atoms with van der Waals surface area (Å²) in [4.78, 5) is 3.29. The third-order valence-corrected chi connectivity index (χ3v) is 4.00. The van der Waals surface area contributed by atoms with Crippen molar-refractivity contribution in [3.8, 4) is 23.1 Å². The number of H-pyrrole nitrogens is 1. The zero-order chi connectivity index (χ0) is 15.0. The molecular formula is C16H10Cl2N2O. The van der Waals surface area contributed by atoms with E-state index >= 15 is 0 Å². The molecule has 0 aliphatic heterocycles. The zero-order valence-electron chi connectivity index (χ0n) is 11.1. The van der Waals surface area contributed by atoms with Crippen molar-refractivity contribution in [2.24, 2.45) is 0 Å². The van der Waals surface area contributed by atoms with Gasteiger partial charge in [-0.25, -0.2) is 0 Å². The van der Waals surface area contributed by atoms with Gasteiger partial charge in [0, 0.05) is 16.5 Å². The number of hydrogen-bond donors (Lipinski definition) is 1. The van der Waals surface area contributed by atoms with Gasteiger partial charge in [0.25, 0.3) is 0 Å². The Labute approximate surface area is 131 Å². The molecule has 5 heteroatoms. The first-order valence-electron chi connectivity index (χ1n) is 6.18. The van der Waals surface area contributed by atoms with Gasteiger partial charge in [0.1, 0.15) is 5.75 Å². The summed E-state index contributed by atoms with van der Waals surface area (Å²) in [6.45, 7) is 0. The molecule has 1 aromatic heterocycles. The molecule has 21 heavy (non-hydrogen) atoms. The smallest absolute Gasteiger partial charge is 0.129 e. The van der Waals surface area contributed by atoms with Crippen LogP contribution in [0.2, 0.25) is 10.0 Å². The summed E-state index contributed by atoms with van der Waals surface area (Å²) in [6, 6.07) is 13.0. The molecule has 3 nitrogen and oxygen atoms in total. The highest BCUT2D eigenvalue weighted by molar-refractivity contribution is 6.42. The molecule has 0 amide bonds. The summed E-state index contributed by atoms with van der Waals surface area (Å²) in [5.74, 6) is 0.637. The number of nitrogens with one attached hydrogen (secondary N) is 1. The Balaban J connectivity index is 2.19. The number of rotatable bonds is 2. The van der Waals surface area contributed by atoms with Gasteiger partial charge < -0.3 is 9.72 Å². The van der Waals surface area contributed by atoms with Crippen LogP contribution in [0.5, 0.6) is 5.75 Å². The van der Waals surface area contributed by atoms with E-state index in [4.69, 9.17) is 33.2 Å². The van der Waals surface area contributed by atoms with E-state index in [2.05, 4.69) is 11.1 Å². The number of methoxy groups -OCH3 is 1. The van der Waals surface area contributed by atoms with E-state index in [1.165, 1.54) is 0 Å². The molecule has 2 aromatic carbocycles. The normalized spacial score (nSPS) is 10.6. The summed E-state index contributed by atoms with van der Waals surface area (Å²) < 4.78 is 5.36. The standard InChI is InChI=1S/C16H10Cl2N2O/c1-21-16-4-9(8-19)2-3-11(16)15-6-10-5-12(17)13(18)7-14(10)20-15/h2-7,20H,1H3. The zero-order valence-corrected chi connectivity index (χ0v) is 12.6. The van der Waals surface area contributed by atoms with Gasteiger partial charge in [0.15, 0.2) is 0 Å². The van der Waals surface area contributed by atoms with E-state index in [1.54, 1.807) is 25.3 Å². The molecule has 3 rings (SSSR count). The molecular weight excluding hydrogens is 307 g/mol. The van der Waals surface area contributed by atoms with Gasteiger partial charge in [0.2, 0.25) is 0 Å². The van der Waals surface area contributed by atoms with Gasteiger partial charge in [-0.15, -0.1) is 0 Å². The Hall–Kier alpha value is -2.15. The van der Waals surface area contributed by atoms with Crippen LogP contribution in [0.25, 0.3) is 22.2 Å². The second kappa shape index (κ2) is 5.33. The highest BCUT2D eigenvalue weighted by Crippen LogP contribution is 2.34. The number of hydrogen-bond acceptors (Lipinski definition) is 2. The van der Waals surface area contributed by atoms with Crippen LogP contribution in [-0.2, 0) is 0 Å². The lowest BCUT2D eigenvalue weighted by Crippen LogP contribution is -1.89. The molecule has 0 spiro atoms. The molecule has 0 radical (unpaired) electrons. The monoisotopic (exact) mass is 316 g/mol. The van der Waals surface area contributed by atoms with Gasteiger partial charge >= 0.3 is 0 Å². The molecule has 1 heterocycles. The Bertz CT molecular complexity index is 839. The quantitative estimate of drug-likeness (QED) is 0.721. The highest BCUT2D eigenvalue weighted by Gasteiger charge is 2.11. The summed E-state index contributed by atoms with van der Waals surface area (Å²) in [7, 11) is 1.58. The second-order valence-electron chi connectivity index (χ2n) is 4.56. The van der Waals surface area contributed by atoms with Crippen molar-refractivity contribution < 1.29 is 4.74 Å². The molecule has 0 bridgehead atoms. The van der Waals surface area contributed by atoms with Crippen molar-refractivity contribution in [2.45, 2.75) is 0 Å². The molecule has 104 valence electrons. The van der Waals surface area contributed by atoms with Crippen molar-refractivity contribution in [3.05, 3.63) is 52.0 Å². The number of ether oxygens (including phenoxy) is 1. The Kier molecular flexibility index (Phi) is 3.50. The number of fused-ring (bicyclic) bond motifs is 1. The van der Waals surface area contributed by atoms with E-state index in [1.807, 2.05) is 18.2 Å². The fraction of sp³-hybridized carbons (Fsp3) is 0.0625. The Morgan fingerprint density at radius 3 is 2.57 bits per heavy atom. The van der Waals surface area contributed by atoms with Crippen molar-refractivity contribution in [1.29, 1.82) is 5.26 Å². The van der Waals surface area contributed by atoms with E-state index in [0.717, 1.165) is 22.2 Å². The predicted octanol–water partition coefficient (Wildman–Crippen LogP) is 5.02. The number of nitriles is 1. The molecule has 0 aliphatic rings. The van der Waals surface area contributed by atoms with Gasteiger partial charge in [-0.1, -0.05) is 23.2 Å².